The molecule has 1 aromatic heterocycles. The number of amides is 2. The summed E-state index contributed by atoms with van der Waals surface area (Å²) in [6.45, 7) is 4.97. The lowest BCUT2D eigenvalue weighted by atomic mass is 9.85. The Kier molecular flexibility index (Phi) is 6.13. The van der Waals surface area contributed by atoms with Gasteiger partial charge in [0, 0.05) is 17.8 Å². The summed E-state index contributed by atoms with van der Waals surface area (Å²) < 4.78 is 55.1. The van der Waals surface area contributed by atoms with Crippen molar-refractivity contribution in [2.24, 2.45) is 0 Å². The molecule has 0 atom stereocenters. The van der Waals surface area contributed by atoms with Gasteiger partial charge in [-0.25, -0.2) is 13.2 Å². The average molecular weight is 524 g/mol. The highest BCUT2D eigenvalue weighted by Crippen LogP contribution is 2.55. The molecule has 1 spiro atoms. The topological polar surface area (TPSA) is 80.8 Å². The number of nitrogens with one attached hydrogen (secondary N) is 1. The summed E-state index contributed by atoms with van der Waals surface area (Å²) in [7, 11) is 2.48. The fourth-order valence-electron chi connectivity index (χ4n) is 4.94. The van der Waals surface area contributed by atoms with Gasteiger partial charge in [-0.3, -0.25) is 14.6 Å². The minimum absolute atomic E-state index is 0.0312. The molecule has 0 radical (unpaired) electrons. The number of aryl methyl sites for hydroxylation is 1. The van der Waals surface area contributed by atoms with E-state index in [0.29, 0.717) is 40.8 Å². The molecule has 2 aliphatic rings. The monoisotopic (exact) mass is 523 g/mol. The van der Waals surface area contributed by atoms with Crippen LogP contribution >= 0.6 is 0 Å². The lowest BCUT2D eigenvalue weighted by molar-refractivity contribution is -0.121. The van der Waals surface area contributed by atoms with Crippen molar-refractivity contribution in [3.05, 3.63) is 77.3 Å². The third-order valence-corrected chi connectivity index (χ3v) is 7.09. The Morgan fingerprint density at radius 1 is 1.11 bits per heavy atom. The van der Waals surface area contributed by atoms with Crippen molar-refractivity contribution >= 4 is 23.2 Å². The van der Waals surface area contributed by atoms with Gasteiger partial charge < -0.3 is 19.7 Å². The minimum atomic E-state index is -1.00. The lowest BCUT2D eigenvalue weighted by Crippen LogP contribution is -2.45. The van der Waals surface area contributed by atoms with Crippen LogP contribution in [0.2, 0.25) is 0 Å². The number of carbonyl (C=O) groups is 2. The van der Waals surface area contributed by atoms with Crippen molar-refractivity contribution in [1.29, 1.82) is 0 Å². The first kappa shape index (κ1) is 25.3. The van der Waals surface area contributed by atoms with Gasteiger partial charge in [-0.05, 0) is 60.7 Å². The molecule has 196 valence electrons. The number of halogens is 3. The van der Waals surface area contributed by atoms with E-state index in [1.54, 1.807) is 19.2 Å². The number of hydrogen-bond acceptors (Lipinski definition) is 5. The fraction of sp³-hybridized carbons (Fsp3) is 0.250. The van der Waals surface area contributed by atoms with Gasteiger partial charge in [0.2, 0.25) is 11.8 Å². The van der Waals surface area contributed by atoms with E-state index in [4.69, 9.17) is 9.47 Å². The molecule has 0 unspecified atom stereocenters. The Labute approximate surface area is 216 Å². The van der Waals surface area contributed by atoms with Crippen molar-refractivity contribution in [1.82, 2.24) is 4.98 Å². The summed E-state index contributed by atoms with van der Waals surface area (Å²) in [5.41, 5.74) is 1.42. The van der Waals surface area contributed by atoms with Crippen molar-refractivity contribution in [3.8, 4) is 22.8 Å². The number of rotatable bonds is 6. The predicted octanol–water partition coefficient (Wildman–Crippen LogP) is 5.19. The molecule has 1 saturated carbocycles. The molecule has 10 heteroatoms. The van der Waals surface area contributed by atoms with Crippen LogP contribution in [0.4, 0.5) is 24.5 Å². The minimum Gasteiger partial charge on any atom is -0.493 e. The molecular weight excluding hydrogens is 499 g/mol. The molecule has 7 nitrogen and oxygen atoms in total. The van der Waals surface area contributed by atoms with Gasteiger partial charge in [-0.1, -0.05) is 6.58 Å². The number of nitrogens with zero attached hydrogens (tertiary/aromatic N) is 2. The van der Waals surface area contributed by atoms with Gasteiger partial charge in [0.25, 0.3) is 0 Å². The molecule has 1 aliphatic heterocycles. The first-order valence-electron chi connectivity index (χ1n) is 11.8. The molecule has 1 aliphatic carbocycles. The number of hydrogen-bond donors (Lipinski definition) is 1. The molecule has 2 aromatic carbocycles. The molecule has 0 saturated heterocycles. The van der Waals surface area contributed by atoms with E-state index < -0.39 is 40.4 Å². The predicted molar refractivity (Wildman–Crippen MR) is 135 cm³/mol. The van der Waals surface area contributed by atoms with Crippen molar-refractivity contribution in [2.45, 2.75) is 31.7 Å². The second-order valence-corrected chi connectivity index (χ2v) is 9.30. The molecule has 1 N–H and O–H groups in total. The van der Waals surface area contributed by atoms with Crippen LogP contribution < -0.4 is 19.7 Å². The van der Waals surface area contributed by atoms with E-state index in [9.17, 15) is 14.0 Å². The number of ether oxygens (including phenoxy) is 2. The maximum atomic E-state index is 15.3. The van der Waals surface area contributed by atoms with Crippen molar-refractivity contribution in [3.63, 3.8) is 0 Å². The quantitative estimate of drug-likeness (QED) is 0.450. The summed E-state index contributed by atoms with van der Waals surface area (Å²) in [5.74, 6) is -4.11. The highest BCUT2D eigenvalue weighted by atomic mass is 19.1. The third-order valence-electron chi connectivity index (χ3n) is 7.09. The normalized spacial score (nSPS) is 15.2. The molecule has 1 fully saturated rings. The van der Waals surface area contributed by atoms with Crippen LogP contribution in [0, 0.1) is 24.4 Å². The van der Waals surface area contributed by atoms with Gasteiger partial charge in [0.15, 0.2) is 23.1 Å². The average Bonchev–Trinajstić information content (AvgIpc) is 3.70. The second kappa shape index (κ2) is 9.20. The zero-order valence-corrected chi connectivity index (χ0v) is 21.0. The second-order valence-electron chi connectivity index (χ2n) is 9.30. The molecule has 5 rings (SSSR count). The van der Waals surface area contributed by atoms with E-state index in [1.807, 2.05) is 0 Å². The largest absolute Gasteiger partial charge is 0.493 e. The molecule has 0 bridgehead atoms. The summed E-state index contributed by atoms with van der Waals surface area (Å²) in [4.78, 5) is 31.1. The Hall–Kier alpha value is -4.34. The number of fused-ring (bicyclic) bond motifs is 2. The standard InChI is InChI=1S/C28H24F3N3O4/c1-5-23(35)33-20-9-16(14(2)8-18(20)29)19-10-17-15(12-32-19)13-34(27(36)28(17)6-7-28)26-24(30)21(37-3)11-22(38-4)25(26)31/h5,8-12H,1,6-7,13H2,2-4H3,(H,33,35). The molecule has 38 heavy (non-hydrogen) atoms. The molecule has 3 aromatic rings. The van der Waals surface area contributed by atoms with Gasteiger partial charge >= 0.3 is 0 Å². The van der Waals surface area contributed by atoms with E-state index in [0.717, 1.165) is 17.0 Å². The van der Waals surface area contributed by atoms with Crippen LogP contribution in [0.1, 0.15) is 29.5 Å². The molecule has 2 amide bonds. The number of pyridine rings is 1. The van der Waals surface area contributed by atoms with E-state index in [1.165, 1.54) is 26.4 Å². The lowest BCUT2D eigenvalue weighted by Gasteiger charge is -2.35. The Bertz CT molecular complexity index is 1490. The molecular formula is C28H24F3N3O4. The van der Waals surface area contributed by atoms with E-state index in [2.05, 4.69) is 16.9 Å². The fourth-order valence-corrected chi connectivity index (χ4v) is 4.94. The SMILES string of the molecule is C=CC(=O)Nc1cc(-c2cc3c(cn2)CN(c2c(F)c(OC)cc(OC)c2F)C(=O)C32CC2)c(C)cc1F. The number of carbonyl (C=O) groups excluding carboxylic acids is 2. The highest BCUT2D eigenvalue weighted by molar-refractivity contribution is 6.05. The summed E-state index contributed by atoms with van der Waals surface area (Å²) in [6, 6.07) is 5.62. The summed E-state index contributed by atoms with van der Waals surface area (Å²) in [5, 5.41) is 2.44. The number of anilines is 2. The van der Waals surface area contributed by atoms with Gasteiger partial charge in [0.1, 0.15) is 11.5 Å². The zero-order valence-electron chi connectivity index (χ0n) is 21.0. The first-order chi connectivity index (χ1) is 18.1. The van der Waals surface area contributed by atoms with Crippen LogP contribution in [0.25, 0.3) is 11.3 Å². The van der Waals surface area contributed by atoms with Gasteiger partial charge in [-0.15, -0.1) is 0 Å². The van der Waals surface area contributed by atoms with Crippen LogP contribution in [-0.4, -0.2) is 31.0 Å². The van der Waals surface area contributed by atoms with Crippen LogP contribution in [0.5, 0.6) is 11.5 Å². The van der Waals surface area contributed by atoms with Gasteiger partial charge in [0.05, 0.1) is 37.6 Å². The highest BCUT2D eigenvalue weighted by Gasteiger charge is 2.57. The number of aromatic nitrogens is 1. The Balaban J connectivity index is 1.60. The zero-order chi connectivity index (χ0) is 27.4. The Morgan fingerprint density at radius 2 is 1.76 bits per heavy atom. The summed E-state index contributed by atoms with van der Waals surface area (Å²) in [6.07, 6.45) is 3.58. The van der Waals surface area contributed by atoms with Crippen LogP contribution in [0.15, 0.2) is 43.1 Å². The number of methoxy groups -OCH3 is 2. The summed E-state index contributed by atoms with van der Waals surface area (Å²) >= 11 is 0. The van der Waals surface area contributed by atoms with E-state index in [-0.39, 0.29) is 23.7 Å². The number of benzene rings is 2. The Morgan fingerprint density at radius 3 is 2.34 bits per heavy atom. The van der Waals surface area contributed by atoms with Crippen molar-refractivity contribution < 1.29 is 32.2 Å². The first-order valence-corrected chi connectivity index (χ1v) is 11.8. The van der Waals surface area contributed by atoms with Crippen LogP contribution in [-0.2, 0) is 21.5 Å². The van der Waals surface area contributed by atoms with Gasteiger partial charge in [-0.2, -0.15) is 0 Å². The smallest absolute Gasteiger partial charge is 0.247 e. The third kappa shape index (κ3) is 3.87. The maximum absolute atomic E-state index is 15.3. The maximum Gasteiger partial charge on any atom is 0.247 e. The van der Waals surface area contributed by atoms with Crippen LogP contribution in [0.3, 0.4) is 0 Å². The molecule has 2 heterocycles. The van der Waals surface area contributed by atoms with E-state index >= 15 is 8.78 Å². The van der Waals surface area contributed by atoms with Crippen molar-refractivity contribution in [2.75, 3.05) is 24.4 Å².